The molecule has 9 heteroatoms. The molecule has 4 rings (SSSR count). The Kier molecular flexibility index (Phi) is 5.87. The molecule has 172 valence electrons. The molecule has 32 heavy (non-hydrogen) atoms. The van der Waals surface area contributed by atoms with Gasteiger partial charge in [-0.15, -0.1) is 0 Å². The van der Waals surface area contributed by atoms with Gasteiger partial charge in [-0.25, -0.2) is 8.78 Å². The molecule has 1 unspecified atom stereocenters. The maximum absolute atomic E-state index is 14.9. The minimum atomic E-state index is -4.43. The molecule has 0 saturated carbocycles. The van der Waals surface area contributed by atoms with Gasteiger partial charge in [-0.3, -0.25) is 9.69 Å². The fourth-order valence-electron chi connectivity index (χ4n) is 4.59. The van der Waals surface area contributed by atoms with Gasteiger partial charge < -0.3 is 10.0 Å². The predicted octanol–water partition coefficient (Wildman–Crippen LogP) is 4.64. The van der Waals surface area contributed by atoms with Gasteiger partial charge in [-0.1, -0.05) is 24.3 Å². The minimum Gasteiger partial charge on any atom is -0.508 e. The molecule has 1 N–H and O–H groups in total. The molecule has 0 radical (unpaired) electrons. The fourth-order valence-corrected chi connectivity index (χ4v) is 4.59. The Balaban J connectivity index is 1.39. The third-order valence-electron chi connectivity index (χ3n) is 6.29. The van der Waals surface area contributed by atoms with Crippen molar-refractivity contribution >= 4 is 5.91 Å². The van der Waals surface area contributed by atoms with Gasteiger partial charge in [0.2, 0.25) is 5.91 Å². The van der Waals surface area contributed by atoms with E-state index < -0.39 is 36.2 Å². The quantitative estimate of drug-likeness (QED) is 0.685. The Hall–Kier alpha value is -2.68. The van der Waals surface area contributed by atoms with Crippen molar-refractivity contribution < 1.29 is 31.9 Å². The van der Waals surface area contributed by atoms with Crippen LogP contribution in [0, 0.1) is 0 Å². The van der Waals surface area contributed by atoms with E-state index in [0.29, 0.717) is 30.6 Å². The first-order valence-corrected chi connectivity index (χ1v) is 10.4. The number of carbonyl (C=O) groups excluding carboxylic acids is 1. The molecule has 2 heterocycles. The van der Waals surface area contributed by atoms with Crippen LogP contribution < -0.4 is 0 Å². The largest absolute Gasteiger partial charge is 0.508 e. The molecule has 2 fully saturated rings. The first-order valence-electron chi connectivity index (χ1n) is 10.4. The monoisotopic (exact) mass is 454 g/mol. The lowest BCUT2D eigenvalue weighted by atomic mass is 9.85. The van der Waals surface area contributed by atoms with Crippen molar-refractivity contribution in [1.29, 1.82) is 0 Å². The first kappa shape index (κ1) is 22.5. The molecule has 2 aromatic rings. The second-order valence-corrected chi connectivity index (χ2v) is 8.42. The lowest BCUT2D eigenvalue weighted by molar-refractivity contribution is -0.139. The lowest BCUT2D eigenvalue weighted by Gasteiger charge is -2.40. The summed E-state index contributed by atoms with van der Waals surface area (Å²) < 4.78 is 68.0. The standard InChI is InChI=1S/C23H23F5N2O2/c24-22(25)14-30(11-9-19(22)16-3-7-18(31)8-4-16)20-10-12-29(21(20)32)13-15-1-5-17(6-2-15)23(26,27)28/h1-8,19-20,31H,9-14H2/t19?,20-/m0/s1. The summed E-state index contributed by atoms with van der Waals surface area (Å²) in [5, 5.41) is 9.39. The summed E-state index contributed by atoms with van der Waals surface area (Å²) in [5.41, 5.74) is 0.253. The Morgan fingerprint density at radius 1 is 0.969 bits per heavy atom. The summed E-state index contributed by atoms with van der Waals surface area (Å²) in [4.78, 5) is 15.9. The maximum Gasteiger partial charge on any atom is 0.416 e. The van der Waals surface area contributed by atoms with E-state index in [1.807, 2.05) is 0 Å². The van der Waals surface area contributed by atoms with Gasteiger partial charge in [0.25, 0.3) is 5.92 Å². The van der Waals surface area contributed by atoms with Crippen molar-refractivity contribution in [2.24, 2.45) is 0 Å². The van der Waals surface area contributed by atoms with Gasteiger partial charge in [0.15, 0.2) is 0 Å². The van der Waals surface area contributed by atoms with Gasteiger partial charge in [0.1, 0.15) is 5.75 Å². The second kappa shape index (κ2) is 8.35. The van der Waals surface area contributed by atoms with E-state index in [1.165, 1.54) is 46.2 Å². The van der Waals surface area contributed by atoms with Crippen molar-refractivity contribution in [2.75, 3.05) is 19.6 Å². The molecule has 2 aliphatic heterocycles. The van der Waals surface area contributed by atoms with Crippen molar-refractivity contribution in [3.63, 3.8) is 0 Å². The summed E-state index contributed by atoms with van der Waals surface area (Å²) in [5.74, 6) is -4.28. The average Bonchev–Trinajstić information content (AvgIpc) is 3.08. The van der Waals surface area contributed by atoms with Gasteiger partial charge in [0, 0.05) is 13.1 Å². The summed E-state index contributed by atoms with van der Waals surface area (Å²) >= 11 is 0. The summed E-state index contributed by atoms with van der Waals surface area (Å²) in [6, 6.07) is 9.73. The zero-order chi connectivity index (χ0) is 23.1. The number of likely N-dealkylation sites (tertiary alicyclic amines) is 2. The number of aromatic hydroxyl groups is 1. The van der Waals surface area contributed by atoms with E-state index >= 15 is 0 Å². The number of rotatable bonds is 4. The zero-order valence-corrected chi connectivity index (χ0v) is 17.2. The average molecular weight is 454 g/mol. The van der Waals surface area contributed by atoms with Crippen LogP contribution in [0.15, 0.2) is 48.5 Å². The molecule has 0 spiro atoms. The summed E-state index contributed by atoms with van der Waals surface area (Å²) in [7, 11) is 0. The molecule has 2 aromatic carbocycles. The van der Waals surface area contributed by atoms with Crippen LogP contribution in [-0.2, 0) is 17.5 Å². The summed E-state index contributed by atoms with van der Waals surface area (Å²) in [6.45, 7) is 0.316. The van der Waals surface area contributed by atoms with Crippen LogP contribution in [0.1, 0.15) is 35.4 Å². The van der Waals surface area contributed by atoms with Crippen LogP contribution in [0.4, 0.5) is 22.0 Å². The molecule has 1 amide bonds. The number of carbonyl (C=O) groups is 1. The molecule has 2 aliphatic rings. The Bertz CT molecular complexity index is 960. The highest BCUT2D eigenvalue weighted by Gasteiger charge is 2.49. The van der Waals surface area contributed by atoms with Crippen LogP contribution in [0.3, 0.4) is 0 Å². The van der Waals surface area contributed by atoms with E-state index in [9.17, 15) is 31.9 Å². The molecular formula is C23H23F5N2O2. The van der Waals surface area contributed by atoms with E-state index in [0.717, 1.165) is 12.1 Å². The van der Waals surface area contributed by atoms with E-state index in [1.54, 1.807) is 0 Å². The highest BCUT2D eigenvalue weighted by Crippen LogP contribution is 2.42. The Morgan fingerprint density at radius 2 is 1.62 bits per heavy atom. The molecule has 0 bridgehead atoms. The number of amides is 1. The number of phenolic OH excluding ortho intramolecular Hbond substituents is 1. The normalized spacial score (nSPS) is 24.2. The van der Waals surface area contributed by atoms with Crippen LogP contribution in [0.25, 0.3) is 0 Å². The smallest absolute Gasteiger partial charge is 0.416 e. The van der Waals surface area contributed by atoms with Gasteiger partial charge in [-0.2, -0.15) is 13.2 Å². The Morgan fingerprint density at radius 3 is 2.22 bits per heavy atom. The van der Waals surface area contributed by atoms with Crippen molar-refractivity contribution in [2.45, 2.75) is 43.4 Å². The van der Waals surface area contributed by atoms with Crippen LogP contribution in [0.2, 0.25) is 0 Å². The number of piperidine rings is 1. The van der Waals surface area contributed by atoms with Gasteiger partial charge in [0.05, 0.1) is 24.1 Å². The first-order chi connectivity index (χ1) is 15.0. The van der Waals surface area contributed by atoms with E-state index in [2.05, 4.69) is 0 Å². The number of hydrogen-bond donors (Lipinski definition) is 1. The zero-order valence-electron chi connectivity index (χ0n) is 17.2. The van der Waals surface area contributed by atoms with E-state index in [-0.39, 0.29) is 24.6 Å². The fraction of sp³-hybridized carbons (Fsp3) is 0.435. The molecule has 0 aromatic heterocycles. The second-order valence-electron chi connectivity index (χ2n) is 8.42. The molecule has 4 nitrogen and oxygen atoms in total. The van der Waals surface area contributed by atoms with Crippen molar-refractivity contribution in [3.8, 4) is 5.75 Å². The highest BCUT2D eigenvalue weighted by atomic mass is 19.4. The van der Waals surface area contributed by atoms with Crippen LogP contribution in [-0.4, -0.2) is 52.4 Å². The third-order valence-corrected chi connectivity index (χ3v) is 6.29. The molecular weight excluding hydrogens is 431 g/mol. The lowest BCUT2D eigenvalue weighted by Crippen LogP contribution is -2.53. The number of benzene rings is 2. The van der Waals surface area contributed by atoms with E-state index in [4.69, 9.17) is 0 Å². The molecule has 2 saturated heterocycles. The number of alkyl halides is 5. The van der Waals surface area contributed by atoms with Crippen molar-refractivity contribution in [1.82, 2.24) is 9.80 Å². The maximum atomic E-state index is 14.9. The topological polar surface area (TPSA) is 43.8 Å². The number of hydrogen-bond acceptors (Lipinski definition) is 3. The van der Waals surface area contributed by atoms with Crippen LogP contribution in [0.5, 0.6) is 5.75 Å². The van der Waals surface area contributed by atoms with Gasteiger partial charge >= 0.3 is 6.18 Å². The summed E-state index contributed by atoms with van der Waals surface area (Å²) in [6.07, 6.45) is -3.84. The molecule has 0 aliphatic carbocycles. The highest BCUT2D eigenvalue weighted by molar-refractivity contribution is 5.84. The Labute approximate surface area is 182 Å². The van der Waals surface area contributed by atoms with Gasteiger partial charge in [-0.05, 0) is 54.8 Å². The third kappa shape index (κ3) is 4.57. The van der Waals surface area contributed by atoms with Crippen LogP contribution >= 0.6 is 0 Å². The number of halogens is 5. The number of phenols is 1. The van der Waals surface area contributed by atoms with Crippen molar-refractivity contribution in [3.05, 3.63) is 65.2 Å². The predicted molar refractivity (Wildman–Crippen MR) is 107 cm³/mol. The molecule has 2 atom stereocenters. The minimum absolute atomic E-state index is 0.0131. The number of nitrogens with zero attached hydrogens (tertiary/aromatic N) is 2. The SMILES string of the molecule is O=C1[C@@H](N2CCC(c3ccc(O)cc3)C(F)(F)C2)CCN1Cc1ccc(C(F)(F)F)cc1.